The number of carbonyl (C=O) groups excluding carboxylic acids is 1. The molecule has 1 aliphatic heterocycles. The number of likely N-dealkylation sites (tertiary alicyclic amines) is 1. The molecule has 1 saturated heterocycles. The molecule has 5 nitrogen and oxygen atoms in total. The first kappa shape index (κ1) is 15.3. The number of carbonyl (C=O) groups is 1. The largest absolute Gasteiger partial charge is 0.351 e. The molecule has 0 unspecified atom stereocenters. The summed E-state index contributed by atoms with van der Waals surface area (Å²) in [5.41, 5.74) is 1.39. The number of aryl methyl sites for hydroxylation is 1. The van der Waals surface area contributed by atoms with Gasteiger partial charge in [-0.05, 0) is 38.7 Å². The topological polar surface area (TPSA) is 58.1 Å². The summed E-state index contributed by atoms with van der Waals surface area (Å²) >= 11 is 0. The van der Waals surface area contributed by atoms with Gasteiger partial charge in [0, 0.05) is 24.8 Å². The first-order valence-electron chi connectivity index (χ1n) is 8.64. The number of nitrogens with zero attached hydrogens (tertiary/aromatic N) is 3. The van der Waals surface area contributed by atoms with E-state index in [0.29, 0.717) is 17.7 Å². The van der Waals surface area contributed by atoms with Gasteiger partial charge in [0.15, 0.2) is 0 Å². The highest BCUT2D eigenvalue weighted by Gasteiger charge is 2.21. The third-order valence-corrected chi connectivity index (χ3v) is 4.66. The third-order valence-electron chi connectivity index (χ3n) is 4.66. The minimum Gasteiger partial charge on any atom is -0.351 e. The maximum atomic E-state index is 12.7. The number of nitrogens with one attached hydrogen (secondary N) is 1. The van der Waals surface area contributed by atoms with Gasteiger partial charge < -0.3 is 10.2 Å². The second kappa shape index (κ2) is 7.07. The van der Waals surface area contributed by atoms with Crippen molar-refractivity contribution in [1.82, 2.24) is 14.9 Å². The number of rotatable bonds is 3. The van der Waals surface area contributed by atoms with Gasteiger partial charge >= 0.3 is 0 Å². The van der Waals surface area contributed by atoms with Crippen LogP contribution in [-0.4, -0.2) is 39.9 Å². The van der Waals surface area contributed by atoms with Gasteiger partial charge in [-0.3, -0.25) is 4.79 Å². The summed E-state index contributed by atoms with van der Waals surface area (Å²) in [5, 5.41) is 3.40. The van der Waals surface area contributed by atoms with Crippen molar-refractivity contribution >= 4 is 11.9 Å². The van der Waals surface area contributed by atoms with Crippen LogP contribution in [0.15, 0.2) is 6.07 Å². The first-order chi connectivity index (χ1) is 10.7. The van der Waals surface area contributed by atoms with E-state index in [4.69, 9.17) is 0 Å². The van der Waals surface area contributed by atoms with Crippen LogP contribution in [0.25, 0.3) is 0 Å². The van der Waals surface area contributed by atoms with E-state index in [1.807, 2.05) is 17.9 Å². The normalized spacial score (nSPS) is 20.0. The fourth-order valence-corrected chi connectivity index (χ4v) is 3.43. The Morgan fingerprint density at radius 1 is 1.09 bits per heavy atom. The molecule has 1 aromatic rings. The summed E-state index contributed by atoms with van der Waals surface area (Å²) in [6.07, 6.45) is 9.53. The van der Waals surface area contributed by atoms with E-state index in [-0.39, 0.29) is 5.91 Å². The van der Waals surface area contributed by atoms with E-state index < -0.39 is 0 Å². The molecule has 22 heavy (non-hydrogen) atoms. The van der Waals surface area contributed by atoms with Crippen LogP contribution in [-0.2, 0) is 0 Å². The lowest BCUT2D eigenvalue weighted by Crippen LogP contribution is -2.33. The predicted molar refractivity (Wildman–Crippen MR) is 87.0 cm³/mol. The fourth-order valence-electron chi connectivity index (χ4n) is 3.43. The molecule has 120 valence electrons. The number of hydrogen-bond acceptors (Lipinski definition) is 4. The van der Waals surface area contributed by atoms with Crippen LogP contribution >= 0.6 is 0 Å². The summed E-state index contributed by atoms with van der Waals surface area (Å²) in [4.78, 5) is 23.6. The van der Waals surface area contributed by atoms with Gasteiger partial charge in [0.25, 0.3) is 5.91 Å². The van der Waals surface area contributed by atoms with Gasteiger partial charge in [-0.2, -0.15) is 0 Å². The Labute approximate surface area is 132 Å². The molecular weight excluding hydrogens is 276 g/mol. The highest BCUT2D eigenvalue weighted by Crippen LogP contribution is 2.21. The van der Waals surface area contributed by atoms with E-state index in [1.54, 1.807) is 0 Å². The SMILES string of the molecule is Cc1cc(C(=O)N2CCCCCC2)nc(NC2CCCC2)n1. The van der Waals surface area contributed by atoms with Crippen molar-refractivity contribution in [2.24, 2.45) is 0 Å². The number of aromatic nitrogens is 2. The van der Waals surface area contributed by atoms with Gasteiger partial charge in [-0.25, -0.2) is 9.97 Å². The number of hydrogen-bond donors (Lipinski definition) is 1. The zero-order valence-corrected chi connectivity index (χ0v) is 13.5. The molecule has 0 spiro atoms. The molecule has 0 aromatic carbocycles. The Morgan fingerprint density at radius 2 is 1.77 bits per heavy atom. The standard InChI is InChI=1S/C17H26N4O/c1-13-12-15(16(22)21-10-6-2-3-7-11-21)20-17(18-13)19-14-8-4-5-9-14/h12,14H,2-11H2,1H3,(H,18,19,20). The van der Waals surface area contributed by atoms with Crippen LogP contribution in [0.1, 0.15) is 67.5 Å². The lowest BCUT2D eigenvalue weighted by atomic mass is 10.2. The van der Waals surface area contributed by atoms with Crippen LogP contribution in [0.2, 0.25) is 0 Å². The lowest BCUT2D eigenvalue weighted by Gasteiger charge is -2.20. The molecule has 0 bridgehead atoms. The van der Waals surface area contributed by atoms with Crippen LogP contribution < -0.4 is 5.32 Å². The van der Waals surface area contributed by atoms with Crippen molar-refractivity contribution in [1.29, 1.82) is 0 Å². The van der Waals surface area contributed by atoms with Crippen LogP contribution in [0, 0.1) is 6.92 Å². The molecule has 1 aliphatic carbocycles. The van der Waals surface area contributed by atoms with E-state index >= 15 is 0 Å². The molecule has 3 rings (SSSR count). The molecule has 1 saturated carbocycles. The quantitative estimate of drug-likeness (QED) is 0.932. The molecule has 2 heterocycles. The molecular formula is C17H26N4O. The number of amides is 1. The Kier molecular flexibility index (Phi) is 4.90. The molecule has 2 aliphatic rings. The van der Waals surface area contributed by atoms with E-state index in [0.717, 1.165) is 31.6 Å². The average molecular weight is 302 g/mol. The Bertz CT molecular complexity index is 517. The summed E-state index contributed by atoms with van der Waals surface area (Å²) in [5.74, 6) is 0.673. The monoisotopic (exact) mass is 302 g/mol. The molecule has 0 atom stereocenters. The smallest absolute Gasteiger partial charge is 0.272 e. The molecule has 1 N–H and O–H groups in total. The lowest BCUT2D eigenvalue weighted by molar-refractivity contribution is 0.0755. The summed E-state index contributed by atoms with van der Waals surface area (Å²) < 4.78 is 0. The fraction of sp³-hybridized carbons (Fsp3) is 0.706. The summed E-state index contributed by atoms with van der Waals surface area (Å²) in [6, 6.07) is 2.27. The first-order valence-corrected chi connectivity index (χ1v) is 8.64. The van der Waals surface area contributed by atoms with Crippen molar-refractivity contribution in [2.45, 2.75) is 64.3 Å². The predicted octanol–water partition coefficient (Wildman–Crippen LogP) is 3.16. The van der Waals surface area contributed by atoms with Gasteiger partial charge in [-0.1, -0.05) is 25.7 Å². The van der Waals surface area contributed by atoms with Crippen LogP contribution in [0.3, 0.4) is 0 Å². The molecule has 0 radical (unpaired) electrons. The van der Waals surface area contributed by atoms with E-state index in [9.17, 15) is 4.79 Å². The minimum absolute atomic E-state index is 0.0573. The molecule has 5 heteroatoms. The highest BCUT2D eigenvalue weighted by molar-refractivity contribution is 5.92. The minimum atomic E-state index is 0.0573. The summed E-state index contributed by atoms with van der Waals surface area (Å²) in [7, 11) is 0. The Hall–Kier alpha value is -1.65. The van der Waals surface area contributed by atoms with Gasteiger partial charge in [-0.15, -0.1) is 0 Å². The van der Waals surface area contributed by atoms with E-state index in [1.165, 1.54) is 38.5 Å². The van der Waals surface area contributed by atoms with Crippen molar-refractivity contribution in [3.05, 3.63) is 17.5 Å². The maximum absolute atomic E-state index is 12.7. The van der Waals surface area contributed by atoms with Gasteiger partial charge in [0.05, 0.1) is 0 Å². The summed E-state index contributed by atoms with van der Waals surface area (Å²) in [6.45, 7) is 3.64. The maximum Gasteiger partial charge on any atom is 0.272 e. The molecule has 1 aromatic heterocycles. The van der Waals surface area contributed by atoms with Gasteiger partial charge in [0.1, 0.15) is 5.69 Å². The van der Waals surface area contributed by atoms with Crippen LogP contribution in [0.5, 0.6) is 0 Å². The average Bonchev–Trinajstić information content (AvgIpc) is 2.86. The molecule has 1 amide bonds. The Balaban J connectivity index is 1.74. The highest BCUT2D eigenvalue weighted by atomic mass is 16.2. The van der Waals surface area contributed by atoms with Crippen LogP contribution in [0.4, 0.5) is 5.95 Å². The zero-order valence-electron chi connectivity index (χ0n) is 13.5. The number of anilines is 1. The third kappa shape index (κ3) is 3.76. The van der Waals surface area contributed by atoms with Crippen molar-refractivity contribution in [3.63, 3.8) is 0 Å². The van der Waals surface area contributed by atoms with E-state index in [2.05, 4.69) is 15.3 Å². The molecule has 2 fully saturated rings. The van der Waals surface area contributed by atoms with Crippen molar-refractivity contribution in [2.75, 3.05) is 18.4 Å². The van der Waals surface area contributed by atoms with Gasteiger partial charge in [0.2, 0.25) is 5.95 Å². The Morgan fingerprint density at radius 3 is 2.45 bits per heavy atom. The second-order valence-electron chi connectivity index (χ2n) is 6.55. The van der Waals surface area contributed by atoms with Crippen molar-refractivity contribution < 1.29 is 4.79 Å². The van der Waals surface area contributed by atoms with Crippen molar-refractivity contribution in [3.8, 4) is 0 Å². The zero-order chi connectivity index (χ0) is 15.4. The second-order valence-corrected chi connectivity index (χ2v) is 6.55.